The van der Waals surface area contributed by atoms with E-state index in [1.165, 1.54) is 12.1 Å². The molecule has 2 aromatic carbocycles. The maximum atomic E-state index is 13.8. The SMILES string of the molecule is COc1ccc(OCCNC(=O)CCN2C(=O)c3cccc(F)c3C2=O)cc1. The zero-order chi connectivity index (χ0) is 20.1. The van der Waals surface area contributed by atoms with E-state index in [0.29, 0.717) is 11.5 Å². The number of halogens is 1. The van der Waals surface area contributed by atoms with E-state index >= 15 is 0 Å². The van der Waals surface area contributed by atoms with E-state index in [9.17, 15) is 18.8 Å². The second kappa shape index (κ2) is 8.51. The number of methoxy groups -OCH3 is 1. The minimum Gasteiger partial charge on any atom is -0.497 e. The number of amides is 3. The van der Waals surface area contributed by atoms with Crippen LogP contribution in [0.5, 0.6) is 11.5 Å². The first-order valence-corrected chi connectivity index (χ1v) is 8.69. The van der Waals surface area contributed by atoms with E-state index < -0.39 is 17.6 Å². The summed E-state index contributed by atoms with van der Waals surface area (Å²) in [7, 11) is 1.57. The molecule has 0 saturated carbocycles. The van der Waals surface area contributed by atoms with Crippen LogP contribution in [0.25, 0.3) is 0 Å². The van der Waals surface area contributed by atoms with Gasteiger partial charge in [0.1, 0.15) is 23.9 Å². The predicted octanol–water partition coefficient (Wildman–Crippen LogP) is 2.02. The fourth-order valence-corrected chi connectivity index (χ4v) is 2.83. The Morgan fingerprint density at radius 2 is 1.79 bits per heavy atom. The predicted molar refractivity (Wildman–Crippen MR) is 97.9 cm³/mol. The Kier molecular flexibility index (Phi) is 5.88. The molecule has 0 aromatic heterocycles. The number of nitrogens with one attached hydrogen (secondary N) is 1. The van der Waals surface area contributed by atoms with Gasteiger partial charge in [-0.1, -0.05) is 6.07 Å². The van der Waals surface area contributed by atoms with Gasteiger partial charge in [-0.15, -0.1) is 0 Å². The molecule has 1 aliphatic rings. The molecule has 7 nitrogen and oxygen atoms in total. The first-order valence-electron chi connectivity index (χ1n) is 8.69. The summed E-state index contributed by atoms with van der Waals surface area (Å²) in [6.07, 6.45) is -0.0738. The molecule has 146 valence electrons. The Morgan fingerprint density at radius 3 is 2.46 bits per heavy atom. The summed E-state index contributed by atoms with van der Waals surface area (Å²) in [6, 6.07) is 10.9. The van der Waals surface area contributed by atoms with Crippen molar-refractivity contribution in [1.82, 2.24) is 10.2 Å². The zero-order valence-electron chi connectivity index (χ0n) is 15.2. The number of rotatable bonds is 8. The van der Waals surface area contributed by atoms with E-state index in [-0.39, 0.29) is 43.2 Å². The van der Waals surface area contributed by atoms with Crippen LogP contribution >= 0.6 is 0 Å². The summed E-state index contributed by atoms with van der Waals surface area (Å²) >= 11 is 0. The topological polar surface area (TPSA) is 84.9 Å². The third-order valence-electron chi connectivity index (χ3n) is 4.26. The second-order valence-electron chi connectivity index (χ2n) is 6.05. The summed E-state index contributed by atoms with van der Waals surface area (Å²) in [5.74, 6) is -1.02. The standard InChI is InChI=1S/C20H19FN2O5/c1-27-13-5-7-14(8-6-13)28-12-10-22-17(24)9-11-23-19(25)15-3-2-4-16(21)18(15)20(23)26/h2-8H,9-12H2,1H3,(H,22,24). The van der Waals surface area contributed by atoms with Crippen LogP contribution in [0, 0.1) is 5.82 Å². The lowest BCUT2D eigenvalue weighted by Gasteiger charge is -2.13. The lowest BCUT2D eigenvalue weighted by molar-refractivity contribution is -0.121. The molecule has 1 heterocycles. The fraction of sp³-hybridized carbons (Fsp3) is 0.250. The molecule has 1 N–H and O–H groups in total. The molecule has 0 bridgehead atoms. The maximum absolute atomic E-state index is 13.8. The van der Waals surface area contributed by atoms with Crippen molar-refractivity contribution in [3.8, 4) is 11.5 Å². The van der Waals surface area contributed by atoms with Crippen molar-refractivity contribution in [1.29, 1.82) is 0 Å². The monoisotopic (exact) mass is 386 g/mol. The lowest BCUT2D eigenvalue weighted by Crippen LogP contribution is -2.35. The molecular weight excluding hydrogens is 367 g/mol. The minimum atomic E-state index is -0.738. The van der Waals surface area contributed by atoms with Gasteiger partial charge < -0.3 is 14.8 Å². The van der Waals surface area contributed by atoms with Gasteiger partial charge in [0.25, 0.3) is 11.8 Å². The normalized spacial score (nSPS) is 12.7. The van der Waals surface area contributed by atoms with Gasteiger partial charge in [0, 0.05) is 13.0 Å². The highest BCUT2D eigenvalue weighted by Crippen LogP contribution is 2.25. The third-order valence-corrected chi connectivity index (χ3v) is 4.26. The first kappa shape index (κ1) is 19.3. The molecule has 2 aromatic rings. The molecule has 0 saturated heterocycles. The van der Waals surface area contributed by atoms with E-state index in [0.717, 1.165) is 11.0 Å². The number of imide groups is 1. The van der Waals surface area contributed by atoms with Crippen LogP contribution in [-0.4, -0.2) is 49.4 Å². The number of ether oxygens (including phenoxy) is 2. The van der Waals surface area contributed by atoms with Gasteiger partial charge in [0.05, 0.1) is 24.8 Å². The quantitative estimate of drug-likeness (QED) is 0.554. The molecule has 0 fully saturated rings. The molecule has 0 spiro atoms. The van der Waals surface area contributed by atoms with Crippen LogP contribution in [0.4, 0.5) is 4.39 Å². The summed E-state index contributed by atoms with van der Waals surface area (Å²) in [5, 5.41) is 2.65. The van der Waals surface area contributed by atoms with Gasteiger partial charge >= 0.3 is 0 Å². The number of carbonyl (C=O) groups is 3. The number of nitrogens with zero attached hydrogens (tertiary/aromatic N) is 1. The molecule has 28 heavy (non-hydrogen) atoms. The van der Waals surface area contributed by atoms with Gasteiger partial charge in [-0.25, -0.2) is 4.39 Å². The van der Waals surface area contributed by atoms with E-state index in [1.807, 2.05) is 0 Å². The van der Waals surface area contributed by atoms with Crippen molar-refractivity contribution in [2.24, 2.45) is 0 Å². The van der Waals surface area contributed by atoms with Crippen molar-refractivity contribution in [2.45, 2.75) is 6.42 Å². The minimum absolute atomic E-state index is 0.0262. The number of fused-ring (bicyclic) bond motifs is 1. The number of carbonyl (C=O) groups excluding carboxylic acids is 3. The van der Waals surface area contributed by atoms with Gasteiger partial charge in [-0.2, -0.15) is 0 Å². The van der Waals surface area contributed by atoms with Crippen LogP contribution < -0.4 is 14.8 Å². The van der Waals surface area contributed by atoms with Crippen LogP contribution in [0.2, 0.25) is 0 Å². The van der Waals surface area contributed by atoms with E-state index in [4.69, 9.17) is 9.47 Å². The van der Waals surface area contributed by atoms with Crippen molar-refractivity contribution >= 4 is 17.7 Å². The average molecular weight is 386 g/mol. The van der Waals surface area contributed by atoms with Crippen molar-refractivity contribution in [2.75, 3.05) is 26.8 Å². The molecule has 3 amide bonds. The maximum Gasteiger partial charge on any atom is 0.264 e. The Morgan fingerprint density at radius 1 is 1.07 bits per heavy atom. The highest BCUT2D eigenvalue weighted by atomic mass is 19.1. The molecule has 1 aliphatic heterocycles. The van der Waals surface area contributed by atoms with Crippen LogP contribution in [0.15, 0.2) is 42.5 Å². The number of benzene rings is 2. The van der Waals surface area contributed by atoms with Gasteiger partial charge in [0.15, 0.2) is 0 Å². The zero-order valence-corrected chi connectivity index (χ0v) is 15.2. The fourth-order valence-electron chi connectivity index (χ4n) is 2.83. The largest absolute Gasteiger partial charge is 0.497 e. The third kappa shape index (κ3) is 4.11. The second-order valence-corrected chi connectivity index (χ2v) is 6.05. The Bertz CT molecular complexity index is 898. The highest BCUT2D eigenvalue weighted by Gasteiger charge is 2.37. The van der Waals surface area contributed by atoms with Crippen LogP contribution in [0.1, 0.15) is 27.1 Å². The molecule has 0 unspecified atom stereocenters. The number of hydrogen-bond donors (Lipinski definition) is 1. The molecular formula is C20H19FN2O5. The Hall–Kier alpha value is -3.42. The molecule has 3 rings (SSSR count). The summed E-state index contributed by atoms with van der Waals surface area (Å²) in [4.78, 5) is 37.3. The summed E-state index contributed by atoms with van der Waals surface area (Å²) in [5.41, 5.74) is -0.209. The highest BCUT2D eigenvalue weighted by molar-refractivity contribution is 6.21. The Labute approximate surface area is 161 Å². The average Bonchev–Trinajstić information content (AvgIpc) is 2.95. The van der Waals surface area contributed by atoms with Gasteiger partial charge in [-0.3, -0.25) is 19.3 Å². The van der Waals surface area contributed by atoms with Crippen LogP contribution in [-0.2, 0) is 4.79 Å². The van der Waals surface area contributed by atoms with Crippen molar-refractivity contribution < 1.29 is 28.2 Å². The van der Waals surface area contributed by atoms with Crippen molar-refractivity contribution in [3.63, 3.8) is 0 Å². The smallest absolute Gasteiger partial charge is 0.264 e. The molecule has 8 heteroatoms. The lowest BCUT2D eigenvalue weighted by atomic mass is 10.1. The van der Waals surface area contributed by atoms with E-state index in [2.05, 4.69) is 5.32 Å². The first-order chi connectivity index (χ1) is 13.5. The van der Waals surface area contributed by atoms with Gasteiger partial charge in [0.2, 0.25) is 5.91 Å². The van der Waals surface area contributed by atoms with Gasteiger partial charge in [-0.05, 0) is 36.4 Å². The van der Waals surface area contributed by atoms with Crippen molar-refractivity contribution in [3.05, 3.63) is 59.4 Å². The molecule has 0 radical (unpaired) electrons. The number of hydrogen-bond acceptors (Lipinski definition) is 5. The molecule has 0 atom stereocenters. The Balaban J connectivity index is 1.42. The van der Waals surface area contributed by atoms with Crippen LogP contribution in [0.3, 0.4) is 0 Å². The summed E-state index contributed by atoms with van der Waals surface area (Å²) in [6.45, 7) is 0.412. The van der Waals surface area contributed by atoms with E-state index in [1.54, 1.807) is 31.4 Å². The summed E-state index contributed by atoms with van der Waals surface area (Å²) < 4.78 is 24.3. The molecule has 0 aliphatic carbocycles.